The number of unbranched alkanes of at least 4 members (excludes halogenated alkanes) is 1. The number of pyridine rings is 1. The van der Waals surface area contributed by atoms with Crippen LogP contribution in [-0.4, -0.2) is 21.8 Å². The number of hydrogen-bond acceptors (Lipinski definition) is 3. The number of nitrogens with zero attached hydrogens (tertiary/aromatic N) is 1. The molecular weight excluding hydrogens is 234 g/mol. The molecule has 0 radical (unpaired) electrons. The number of halogens is 1. The monoisotopic (exact) mass is 245 g/mol. The van der Waals surface area contributed by atoms with Crippen LogP contribution in [0.3, 0.4) is 0 Å². The molecule has 15 heavy (non-hydrogen) atoms. The van der Waals surface area contributed by atoms with Crippen molar-refractivity contribution in [3.63, 3.8) is 0 Å². The van der Waals surface area contributed by atoms with Crippen molar-refractivity contribution >= 4 is 29.3 Å². The van der Waals surface area contributed by atoms with E-state index in [4.69, 9.17) is 16.7 Å². The lowest BCUT2D eigenvalue weighted by Crippen LogP contribution is -2.01. The summed E-state index contributed by atoms with van der Waals surface area (Å²) in [6.07, 6.45) is 2.12. The van der Waals surface area contributed by atoms with Gasteiger partial charge in [-0.05, 0) is 24.3 Å². The molecule has 3 nitrogen and oxygen atoms in total. The van der Waals surface area contributed by atoms with Crippen LogP contribution in [0.15, 0.2) is 17.2 Å². The molecule has 0 aliphatic heterocycles. The van der Waals surface area contributed by atoms with Crippen molar-refractivity contribution in [3.05, 3.63) is 22.8 Å². The van der Waals surface area contributed by atoms with Gasteiger partial charge in [-0.2, -0.15) is 0 Å². The van der Waals surface area contributed by atoms with E-state index < -0.39 is 5.97 Å². The smallest absolute Gasteiger partial charge is 0.338 e. The summed E-state index contributed by atoms with van der Waals surface area (Å²) in [7, 11) is 0. The second kappa shape index (κ2) is 5.98. The van der Waals surface area contributed by atoms with E-state index in [1.54, 1.807) is 0 Å². The third-order valence-electron chi connectivity index (χ3n) is 1.79. The van der Waals surface area contributed by atoms with E-state index >= 15 is 0 Å². The first-order valence-corrected chi connectivity index (χ1v) is 6.04. The average Bonchev–Trinajstić information content (AvgIpc) is 2.18. The first-order valence-electron chi connectivity index (χ1n) is 4.67. The Balaban J connectivity index is 2.82. The minimum absolute atomic E-state index is 0.223. The summed E-state index contributed by atoms with van der Waals surface area (Å²) in [5, 5.41) is 9.75. The molecule has 1 N–H and O–H groups in total. The van der Waals surface area contributed by atoms with E-state index in [0.717, 1.165) is 18.6 Å². The molecule has 0 aromatic carbocycles. The average molecular weight is 246 g/mol. The number of carboxylic acids is 1. The molecule has 1 heterocycles. The molecule has 1 aromatic rings. The summed E-state index contributed by atoms with van der Waals surface area (Å²) in [6.45, 7) is 2.09. The Morgan fingerprint density at radius 1 is 1.60 bits per heavy atom. The van der Waals surface area contributed by atoms with Gasteiger partial charge in [0.05, 0.1) is 5.56 Å². The lowest BCUT2D eigenvalue weighted by Gasteiger charge is -2.04. The number of thioether (sulfide) groups is 1. The Kier molecular flexibility index (Phi) is 4.91. The van der Waals surface area contributed by atoms with E-state index in [9.17, 15) is 4.79 Å². The normalized spacial score (nSPS) is 10.3. The minimum atomic E-state index is -0.960. The van der Waals surface area contributed by atoms with E-state index in [-0.39, 0.29) is 5.56 Å². The summed E-state index contributed by atoms with van der Waals surface area (Å²) in [4.78, 5) is 14.9. The predicted octanol–water partition coefficient (Wildman–Crippen LogP) is 3.33. The molecule has 0 unspecified atom stereocenters. The largest absolute Gasteiger partial charge is 0.478 e. The van der Waals surface area contributed by atoms with Crippen molar-refractivity contribution in [2.75, 3.05) is 5.75 Å². The molecule has 0 saturated heterocycles. The molecule has 0 saturated carbocycles. The van der Waals surface area contributed by atoms with Crippen LogP contribution in [-0.2, 0) is 0 Å². The van der Waals surface area contributed by atoms with Crippen molar-refractivity contribution in [2.45, 2.75) is 24.8 Å². The van der Waals surface area contributed by atoms with Crippen molar-refractivity contribution < 1.29 is 9.90 Å². The minimum Gasteiger partial charge on any atom is -0.478 e. The topological polar surface area (TPSA) is 50.2 Å². The highest BCUT2D eigenvalue weighted by Gasteiger charge is 2.11. The quantitative estimate of drug-likeness (QED) is 0.491. The Morgan fingerprint density at radius 3 is 2.93 bits per heavy atom. The maximum absolute atomic E-state index is 10.9. The van der Waals surface area contributed by atoms with Crippen LogP contribution in [0.1, 0.15) is 30.1 Å². The molecule has 1 aromatic heterocycles. The van der Waals surface area contributed by atoms with Gasteiger partial charge in [0.2, 0.25) is 0 Å². The molecule has 82 valence electrons. The van der Waals surface area contributed by atoms with Gasteiger partial charge in [-0.1, -0.05) is 24.9 Å². The zero-order valence-corrected chi connectivity index (χ0v) is 9.94. The lowest BCUT2D eigenvalue weighted by molar-refractivity contribution is 0.0692. The maximum Gasteiger partial charge on any atom is 0.338 e. The first-order chi connectivity index (χ1) is 7.15. The van der Waals surface area contributed by atoms with Crippen LogP contribution < -0.4 is 0 Å². The second-order valence-electron chi connectivity index (χ2n) is 2.99. The predicted molar refractivity (Wildman–Crippen MR) is 61.8 cm³/mol. The SMILES string of the molecule is CCCCSc1nc(Cl)ccc1C(=O)O. The van der Waals surface area contributed by atoms with Gasteiger partial charge in [-0.15, -0.1) is 11.8 Å². The number of hydrogen-bond donors (Lipinski definition) is 1. The summed E-state index contributed by atoms with van der Waals surface area (Å²) in [6, 6.07) is 2.99. The molecule has 0 atom stereocenters. The third-order valence-corrected chi connectivity index (χ3v) is 3.08. The van der Waals surface area contributed by atoms with Crippen molar-refractivity contribution in [3.8, 4) is 0 Å². The Bertz CT molecular complexity index is 357. The number of carbonyl (C=O) groups is 1. The molecular formula is C10H12ClNO2S. The highest BCUT2D eigenvalue weighted by atomic mass is 35.5. The molecule has 0 aliphatic rings. The van der Waals surface area contributed by atoms with Crippen molar-refractivity contribution in [2.24, 2.45) is 0 Å². The fourth-order valence-electron chi connectivity index (χ4n) is 1.00. The number of carboxylic acid groups (broad SMARTS) is 1. The molecule has 0 bridgehead atoms. The molecule has 1 rings (SSSR count). The van der Waals surface area contributed by atoms with Gasteiger partial charge in [0, 0.05) is 0 Å². The summed E-state index contributed by atoms with van der Waals surface area (Å²) in [5.41, 5.74) is 0.223. The summed E-state index contributed by atoms with van der Waals surface area (Å²) >= 11 is 7.15. The van der Waals surface area contributed by atoms with Gasteiger partial charge in [0.25, 0.3) is 0 Å². The Labute approximate surface area is 97.9 Å². The standard InChI is InChI=1S/C10H12ClNO2S/c1-2-3-6-15-9-7(10(13)14)4-5-8(11)12-9/h4-5H,2-3,6H2,1H3,(H,13,14). The van der Waals surface area contributed by atoms with Crippen LogP contribution in [0.2, 0.25) is 5.15 Å². The Hall–Kier alpha value is -0.740. The fourth-order valence-corrected chi connectivity index (χ4v) is 2.30. The zero-order chi connectivity index (χ0) is 11.3. The number of aromatic carboxylic acids is 1. The molecule has 0 spiro atoms. The van der Waals surface area contributed by atoms with Gasteiger partial charge in [-0.25, -0.2) is 9.78 Å². The van der Waals surface area contributed by atoms with Crippen LogP contribution >= 0.6 is 23.4 Å². The molecule has 0 fully saturated rings. The number of rotatable bonds is 5. The van der Waals surface area contributed by atoms with Gasteiger partial charge in [-0.3, -0.25) is 0 Å². The van der Waals surface area contributed by atoms with E-state index in [1.807, 2.05) is 0 Å². The van der Waals surface area contributed by atoms with Crippen molar-refractivity contribution in [1.82, 2.24) is 4.98 Å². The lowest BCUT2D eigenvalue weighted by atomic mass is 10.3. The van der Waals surface area contributed by atoms with Crippen molar-refractivity contribution in [1.29, 1.82) is 0 Å². The van der Waals surface area contributed by atoms with Crippen LogP contribution in [0, 0.1) is 0 Å². The molecule has 5 heteroatoms. The van der Waals surface area contributed by atoms with Gasteiger partial charge < -0.3 is 5.11 Å². The summed E-state index contributed by atoms with van der Waals surface area (Å²) in [5.74, 6) is -0.0948. The van der Waals surface area contributed by atoms with E-state index in [1.165, 1.54) is 23.9 Å². The van der Waals surface area contributed by atoms with Gasteiger partial charge in [0.1, 0.15) is 10.2 Å². The van der Waals surface area contributed by atoms with Gasteiger partial charge >= 0.3 is 5.97 Å². The molecule has 0 aliphatic carbocycles. The number of aromatic nitrogens is 1. The second-order valence-corrected chi connectivity index (χ2v) is 4.46. The maximum atomic E-state index is 10.9. The van der Waals surface area contributed by atoms with Gasteiger partial charge in [0.15, 0.2) is 0 Å². The Morgan fingerprint density at radius 2 is 2.33 bits per heavy atom. The highest BCUT2D eigenvalue weighted by molar-refractivity contribution is 7.99. The van der Waals surface area contributed by atoms with Crippen LogP contribution in [0.25, 0.3) is 0 Å². The highest BCUT2D eigenvalue weighted by Crippen LogP contribution is 2.23. The third kappa shape index (κ3) is 3.72. The zero-order valence-electron chi connectivity index (χ0n) is 8.36. The summed E-state index contributed by atoms with van der Waals surface area (Å²) < 4.78 is 0. The van der Waals surface area contributed by atoms with E-state index in [0.29, 0.717) is 10.2 Å². The molecule has 0 amide bonds. The first kappa shape index (κ1) is 12.3. The van der Waals surface area contributed by atoms with E-state index in [2.05, 4.69) is 11.9 Å². The fraction of sp³-hybridized carbons (Fsp3) is 0.400. The van der Waals surface area contributed by atoms with Crippen LogP contribution in [0.5, 0.6) is 0 Å². The van der Waals surface area contributed by atoms with Crippen LogP contribution in [0.4, 0.5) is 0 Å².